The van der Waals surface area contributed by atoms with Crippen molar-refractivity contribution in [2.45, 2.75) is 59.0 Å². The maximum atomic E-state index is 4.23. The van der Waals surface area contributed by atoms with E-state index in [1.165, 1.54) is 24.8 Å². The highest BCUT2D eigenvalue weighted by atomic mass is 15.0. The summed E-state index contributed by atoms with van der Waals surface area (Å²) < 4.78 is 0. The van der Waals surface area contributed by atoms with E-state index < -0.39 is 0 Å². The van der Waals surface area contributed by atoms with Crippen molar-refractivity contribution in [3.8, 4) is 0 Å². The van der Waals surface area contributed by atoms with E-state index in [0.29, 0.717) is 12.1 Å². The van der Waals surface area contributed by atoms with E-state index >= 15 is 0 Å². The molecule has 1 N–H and O–H groups in total. The Morgan fingerprint density at radius 3 is 2.68 bits per heavy atom. The summed E-state index contributed by atoms with van der Waals surface area (Å²) in [5, 5.41) is 3.86. The van der Waals surface area contributed by atoms with E-state index in [4.69, 9.17) is 0 Å². The molecule has 1 fully saturated rings. The topological polar surface area (TPSA) is 24.9 Å². The molecule has 1 saturated carbocycles. The zero-order valence-electron chi connectivity index (χ0n) is 12.8. The Labute approximate surface area is 118 Å². The molecular formula is C17H28N2. The monoisotopic (exact) mass is 260 g/mol. The number of nitrogens with zero attached hydrogens (tertiary/aromatic N) is 1. The van der Waals surface area contributed by atoms with Crippen LogP contribution in [-0.2, 0) is 0 Å². The summed E-state index contributed by atoms with van der Waals surface area (Å²) in [6.45, 7) is 9.38. The largest absolute Gasteiger partial charge is 0.307 e. The summed E-state index contributed by atoms with van der Waals surface area (Å²) >= 11 is 0. The van der Waals surface area contributed by atoms with Gasteiger partial charge in [-0.15, -0.1) is 0 Å². The Hall–Kier alpha value is -0.890. The highest BCUT2D eigenvalue weighted by molar-refractivity contribution is 5.13. The summed E-state index contributed by atoms with van der Waals surface area (Å²) in [6.07, 6.45) is 7.90. The fourth-order valence-electron chi connectivity index (χ4n) is 3.44. The summed E-state index contributed by atoms with van der Waals surface area (Å²) in [5.74, 6) is 2.44. The van der Waals surface area contributed by atoms with Gasteiger partial charge in [0.15, 0.2) is 0 Å². The molecule has 0 bridgehead atoms. The molecule has 1 aromatic rings. The van der Waals surface area contributed by atoms with Gasteiger partial charge in [-0.05, 0) is 49.1 Å². The molecule has 0 spiro atoms. The number of pyridine rings is 1. The third-order valence-electron chi connectivity index (χ3n) is 4.67. The van der Waals surface area contributed by atoms with Gasteiger partial charge < -0.3 is 5.32 Å². The van der Waals surface area contributed by atoms with Crippen LogP contribution in [-0.4, -0.2) is 11.0 Å². The Kier molecular flexibility index (Phi) is 4.98. The first-order valence-corrected chi connectivity index (χ1v) is 7.74. The van der Waals surface area contributed by atoms with Crippen LogP contribution in [0.4, 0.5) is 0 Å². The van der Waals surface area contributed by atoms with E-state index in [-0.39, 0.29) is 0 Å². The fraction of sp³-hybridized carbons (Fsp3) is 0.706. The lowest BCUT2D eigenvalue weighted by Gasteiger charge is -2.39. The van der Waals surface area contributed by atoms with Gasteiger partial charge in [-0.25, -0.2) is 0 Å². The average molecular weight is 260 g/mol. The predicted molar refractivity (Wildman–Crippen MR) is 80.9 cm³/mol. The van der Waals surface area contributed by atoms with Crippen molar-refractivity contribution < 1.29 is 0 Å². The Balaban J connectivity index is 2.02. The van der Waals surface area contributed by atoms with Crippen LogP contribution in [0.5, 0.6) is 0 Å². The molecule has 19 heavy (non-hydrogen) atoms. The van der Waals surface area contributed by atoms with Crippen molar-refractivity contribution in [3.63, 3.8) is 0 Å². The molecule has 0 amide bonds. The number of hydrogen-bond donors (Lipinski definition) is 1. The van der Waals surface area contributed by atoms with Crippen LogP contribution in [0.1, 0.15) is 58.6 Å². The lowest BCUT2D eigenvalue weighted by molar-refractivity contribution is 0.161. The van der Waals surface area contributed by atoms with Gasteiger partial charge in [0, 0.05) is 24.5 Å². The number of hydrogen-bond acceptors (Lipinski definition) is 2. The second kappa shape index (κ2) is 6.51. The van der Waals surface area contributed by atoms with E-state index in [1.807, 2.05) is 18.5 Å². The van der Waals surface area contributed by atoms with Crippen LogP contribution in [0.15, 0.2) is 24.5 Å². The lowest BCUT2D eigenvalue weighted by atomic mass is 9.73. The van der Waals surface area contributed by atoms with Crippen LogP contribution in [0.2, 0.25) is 0 Å². The molecule has 1 heterocycles. The average Bonchev–Trinajstić information content (AvgIpc) is 2.39. The SMILES string of the molecule is CC1CCC(C(C)C)C(N[C@H](C)c2cccnc2)C1. The number of rotatable bonds is 4. The van der Waals surface area contributed by atoms with Gasteiger partial charge in [-0.1, -0.05) is 33.3 Å². The molecule has 1 aliphatic rings. The highest BCUT2D eigenvalue weighted by Crippen LogP contribution is 2.34. The van der Waals surface area contributed by atoms with Gasteiger partial charge in [-0.3, -0.25) is 4.98 Å². The van der Waals surface area contributed by atoms with Gasteiger partial charge in [-0.2, -0.15) is 0 Å². The third-order valence-corrected chi connectivity index (χ3v) is 4.67. The van der Waals surface area contributed by atoms with Crippen LogP contribution in [0.25, 0.3) is 0 Å². The lowest BCUT2D eigenvalue weighted by Crippen LogP contribution is -2.43. The van der Waals surface area contributed by atoms with E-state index in [2.05, 4.69) is 44.1 Å². The van der Waals surface area contributed by atoms with Crippen LogP contribution in [0, 0.1) is 17.8 Å². The van der Waals surface area contributed by atoms with Crippen LogP contribution >= 0.6 is 0 Å². The normalized spacial score (nSPS) is 29.4. The van der Waals surface area contributed by atoms with Gasteiger partial charge in [0.2, 0.25) is 0 Å². The molecule has 2 nitrogen and oxygen atoms in total. The first kappa shape index (κ1) is 14.5. The molecule has 0 aromatic carbocycles. The van der Waals surface area contributed by atoms with Crippen molar-refractivity contribution in [1.29, 1.82) is 0 Å². The maximum Gasteiger partial charge on any atom is 0.0315 e. The fourth-order valence-corrected chi connectivity index (χ4v) is 3.44. The molecule has 0 saturated heterocycles. The molecule has 1 aliphatic carbocycles. The minimum Gasteiger partial charge on any atom is -0.307 e. The van der Waals surface area contributed by atoms with Gasteiger partial charge in [0.05, 0.1) is 0 Å². The summed E-state index contributed by atoms with van der Waals surface area (Å²) in [4.78, 5) is 4.23. The van der Waals surface area contributed by atoms with Crippen LogP contribution in [0.3, 0.4) is 0 Å². The molecule has 1 aromatic heterocycles. The molecule has 2 heteroatoms. The van der Waals surface area contributed by atoms with Gasteiger partial charge in [0.25, 0.3) is 0 Å². The zero-order chi connectivity index (χ0) is 13.8. The molecular weight excluding hydrogens is 232 g/mol. The van der Waals surface area contributed by atoms with E-state index in [9.17, 15) is 0 Å². The van der Waals surface area contributed by atoms with Crippen molar-refractivity contribution in [3.05, 3.63) is 30.1 Å². The van der Waals surface area contributed by atoms with Gasteiger partial charge in [0.1, 0.15) is 0 Å². The maximum absolute atomic E-state index is 4.23. The van der Waals surface area contributed by atoms with Crippen LogP contribution < -0.4 is 5.32 Å². The van der Waals surface area contributed by atoms with E-state index in [1.54, 1.807) is 0 Å². The quantitative estimate of drug-likeness (QED) is 0.878. The number of aromatic nitrogens is 1. The molecule has 106 valence electrons. The van der Waals surface area contributed by atoms with Gasteiger partial charge >= 0.3 is 0 Å². The minimum atomic E-state index is 0.394. The summed E-state index contributed by atoms with van der Waals surface area (Å²) in [6, 6.07) is 5.24. The smallest absolute Gasteiger partial charge is 0.0315 e. The molecule has 3 unspecified atom stereocenters. The molecule has 0 radical (unpaired) electrons. The zero-order valence-corrected chi connectivity index (χ0v) is 12.8. The standard InChI is InChI=1S/C17H28N2/c1-12(2)16-8-7-13(3)10-17(16)19-14(4)15-6-5-9-18-11-15/h5-6,9,11-14,16-17,19H,7-8,10H2,1-4H3/t13?,14-,16?,17?/m1/s1. The molecule has 4 atom stereocenters. The summed E-state index contributed by atoms with van der Waals surface area (Å²) in [7, 11) is 0. The molecule has 2 rings (SSSR count). The van der Waals surface area contributed by atoms with Crippen molar-refractivity contribution >= 4 is 0 Å². The number of nitrogens with one attached hydrogen (secondary N) is 1. The third kappa shape index (κ3) is 3.79. The van der Waals surface area contributed by atoms with Crippen molar-refractivity contribution in [2.24, 2.45) is 17.8 Å². The Morgan fingerprint density at radius 2 is 2.05 bits per heavy atom. The first-order valence-electron chi connectivity index (χ1n) is 7.74. The molecule has 0 aliphatic heterocycles. The Bertz CT molecular complexity index is 374. The second-order valence-corrected chi connectivity index (χ2v) is 6.61. The highest BCUT2D eigenvalue weighted by Gasteiger charge is 2.31. The second-order valence-electron chi connectivity index (χ2n) is 6.61. The predicted octanol–water partition coefficient (Wildman–Crippen LogP) is 4.19. The Morgan fingerprint density at radius 1 is 1.26 bits per heavy atom. The van der Waals surface area contributed by atoms with Crippen molar-refractivity contribution in [1.82, 2.24) is 10.3 Å². The first-order chi connectivity index (χ1) is 9.08. The van der Waals surface area contributed by atoms with E-state index in [0.717, 1.165) is 17.8 Å². The summed E-state index contributed by atoms with van der Waals surface area (Å²) in [5.41, 5.74) is 1.29. The van der Waals surface area contributed by atoms with Crippen molar-refractivity contribution in [2.75, 3.05) is 0 Å². The minimum absolute atomic E-state index is 0.394.